The van der Waals surface area contributed by atoms with Crippen LogP contribution in [0.5, 0.6) is 0 Å². The monoisotopic (exact) mass is 125 g/mol. The number of aryl methyl sites for hydroxylation is 1. The van der Waals surface area contributed by atoms with Crippen LogP contribution in [0.25, 0.3) is 0 Å². The first-order valence-electron chi connectivity index (χ1n) is 2.91. The molecule has 0 radical (unpaired) electrons. The molecular formula is C6H11N3. The zero-order valence-corrected chi connectivity index (χ0v) is 5.97. The zero-order valence-electron chi connectivity index (χ0n) is 5.97. The predicted molar refractivity (Wildman–Crippen MR) is 37.5 cm³/mol. The minimum absolute atomic E-state index is 1.03. The summed E-state index contributed by atoms with van der Waals surface area (Å²) in [6.45, 7) is 1.97. The molecule has 0 saturated heterocycles. The molecule has 0 fully saturated rings. The normalized spacial score (nSPS) is 9.67. The van der Waals surface area contributed by atoms with Crippen molar-refractivity contribution in [2.45, 2.75) is 6.92 Å². The molecule has 0 unspecified atom stereocenters. The van der Waals surface area contributed by atoms with Crippen LogP contribution in [0.1, 0.15) is 5.82 Å². The lowest BCUT2D eigenvalue weighted by molar-refractivity contribution is 0.863. The topological polar surface area (TPSA) is 29.9 Å². The fourth-order valence-corrected chi connectivity index (χ4v) is 0.734. The van der Waals surface area contributed by atoms with Crippen molar-refractivity contribution < 1.29 is 0 Å². The molecule has 0 aliphatic carbocycles. The smallest absolute Gasteiger partial charge is 0.125 e. The van der Waals surface area contributed by atoms with Crippen LogP contribution in [-0.2, 0) is 7.05 Å². The van der Waals surface area contributed by atoms with Gasteiger partial charge in [-0.3, -0.25) is 0 Å². The number of aromatic nitrogens is 2. The van der Waals surface area contributed by atoms with E-state index in [0.717, 1.165) is 11.6 Å². The van der Waals surface area contributed by atoms with E-state index in [1.54, 1.807) is 0 Å². The van der Waals surface area contributed by atoms with Crippen molar-refractivity contribution in [2.24, 2.45) is 7.05 Å². The van der Waals surface area contributed by atoms with Gasteiger partial charge in [-0.05, 0) is 6.92 Å². The van der Waals surface area contributed by atoms with Crippen LogP contribution in [-0.4, -0.2) is 16.6 Å². The van der Waals surface area contributed by atoms with Crippen LogP contribution in [0.15, 0.2) is 6.20 Å². The molecule has 3 nitrogen and oxygen atoms in total. The molecule has 0 spiro atoms. The summed E-state index contributed by atoms with van der Waals surface area (Å²) in [4.78, 5) is 4.09. The molecule has 0 saturated carbocycles. The fourth-order valence-electron chi connectivity index (χ4n) is 0.734. The van der Waals surface area contributed by atoms with E-state index in [-0.39, 0.29) is 0 Å². The minimum Gasteiger partial charge on any atom is -0.373 e. The van der Waals surface area contributed by atoms with Gasteiger partial charge in [-0.15, -0.1) is 0 Å². The minimum atomic E-state index is 1.03. The first-order valence-corrected chi connectivity index (χ1v) is 2.91. The molecular weight excluding hydrogens is 114 g/mol. The lowest BCUT2D eigenvalue weighted by atomic mass is 10.7. The third-order valence-corrected chi connectivity index (χ3v) is 1.48. The van der Waals surface area contributed by atoms with Crippen molar-refractivity contribution in [1.29, 1.82) is 0 Å². The van der Waals surface area contributed by atoms with E-state index in [0.29, 0.717) is 0 Å². The van der Waals surface area contributed by atoms with Crippen molar-refractivity contribution in [3.05, 3.63) is 12.0 Å². The van der Waals surface area contributed by atoms with Crippen molar-refractivity contribution in [3.8, 4) is 0 Å². The summed E-state index contributed by atoms with van der Waals surface area (Å²) in [5.41, 5.74) is 0. The quantitative estimate of drug-likeness (QED) is 0.600. The molecule has 0 aliphatic heterocycles. The largest absolute Gasteiger partial charge is 0.373 e. The van der Waals surface area contributed by atoms with Gasteiger partial charge in [0.25, 0.3) is 0 Å². The lowest BCUT2D eigenvalue weighted by Gasteiger charge is -1.99. The Labute approximate surface area is 54.7 Å². The number of nitrogens with one attached hydrogen (secondary N) is 1. The van der Waals surface area contributed by atoms with E-state index < -0.39 is 0 Å². The van der Waals surface area contributed by atoms with Gasteiger partial charge in [0.15, 0.2) is 0 Å². The Morgan fingerprint density at radius 1 is 1.67 bits per heavy atom. The third kappa shape index (κ3) is 0.896. The first-order chi connectivity index (χ1) is 4.25. The Morgan fingerprint density at radius 2 is 2.33 bits per heavy atom. The van der Waals surface area contributed by atoms with E-state index in [9.17, 15) is 0 Å². The molecule has 1 aromatic rings. The number of anilines is 1. The fraction of sp³-hybridized carbons (Fsp3) is 0.500. The number of nitrogens with zero attached hydrogens (tertiary/aromatic N) is 2. The van der Waals surface area contributed by atoms with Crippen LogP contribution in [0.3, 0.4) is 0 Å². The van der Waals surface area contributed by atoms with E-state index in [1.807, 2.05) is 31.8 Å². The molecule has 1 rings (SSSR count). The second-order valence-electron chi connectivity index (χ2n) is 2.00. The SMILES string of the molecule is CNc1cnc(C)n1C. The molecule has 9 heavy (non-hydrogen) atoms. The highest BCUT2D eigenvalue weighted by Crippen LogP contribution is 2.05. The molecule has 0 atom stereocenters. The van der Waals surface area contributed by atoms with E-state index in [1.165, 1.54) is 0 Å². The third-order valence-electron chi connectivity index (χ3n) is 1.48. The highest BCUT2D eigenvalue weighted by Gasteiger charge is 1.96. The Morgan fingerprint density at radius 3 is 2.56 bits per heavy atom. The summed E-state index contributed by atoms with van der Waals surface area (Å²) in [6, 6.07) is 0. The van der Waals surface area contributed by atoms with Crippen LogP contribution >= 0.6 is 0 Å². The molecule has 1 N–H and O–H groups in total. The summed E-state index contributed by atoms with van der Waals surface area (Å²) >= 11 is 0. The number of hydrogen-bond donors (Lipinski definition) is 1. The van der Waals surface area contributed by atoms with Gasteiger partial charge < -0.3 is 9.88 Å². The van der Waals surface area contributed by atoms with Crippen molar-refractivity contribution in [3.63, 3.8) is 0 Å². The second-order valence-corrected chi connectivity index (χ2v) is 2.00. The van der Waals surface area contributed by atoms with Crippen LogP contribution in [0, 0.1) is 6.92 Å². The Balaban J connectivity index is 3.04. The summed E-state index contributed by atoms with van der Waals surface area (Å²) in [5, 5.41) is 3.02. The maximum Gasteiger partial charge on any atom is 0.125 e. The molecule has 0 bridgehead atoms. The van der Waals surface area contributed by atoms with Crippen LogP contribution in [0.2, 0.25) is 0 Å². The summed E-state index contributed by atoms with van der Waals surface area (Å²) in [7, 11) is 3.87. The molecule has 50 valence electrons. The molecule has 3 heteroatoms. The van der Waals surface area contributed by atoms with Gasteiger partial charge in [0.1, 0.15) is 11.6 Å². The van der Waals surface area contributed by atoms with Gasteiger partial charge in [-0.1, -0.05) is 0 Å². The summed E-state index contributed by atoms with van der Waals surface area (Å²) in [6.07, 6.45) is 1.81. The van der Waals surface area contributed by atoms with E-state index in [2.05, 4.69) is 10.3 Å². The van der Waals surface area contributed by atoms with Gasteiger partial charge in [0, 0.05) is 14.1 Å². The highest BCUT2D eigenvalue weighted by molar-refractivity contribution is 5.32. The number of rotatable bonds is 1. The van der Waals surface area contributed by atoms with Gasteiger partial charge in [-0.2, -0.15) is 0 Å². The Hall–Kier alpha value is -0.990. The summed E-state index contributed by atoms with van der Waals surface area (Å²) < 4.78 is 2.00. The predicted octanol–water partition coefficient (Wildman–Crippen LogP) is 0.770. The highest BCUT2D eigenvalue weighted by atomic mass is 15.1. The summed E-state index contributed by atoms with van der Waals surface area (Å²) in [5.74, 6) is 2.08. The number of hydrogen-bond acceptors (Lipinski definition) is 2. The van der Waals surface area contributed by atoms with E-state index in [4.69, 9.17) is 0 Å². The zero-order chi connectivity index (χ0) is 6.85. The van der Waals surface area contributed by atoms with Crippen molar-refractivity contribution in [1.82, 2.24) is 9.55 Å². The lowest BCUT2D eigenvalue weighted by Crippen LogP contribution is -1.97. The Kier molecular flexibility index (Phi) is 1.42. The standard InChI is InChI=1S/C6H11N3/c1-5-8-4-6(7-2)9(5)3/h4,7H,1-3H3. The van der Waals surface area contributed by atoms with Crippen LogP contribution in [0.4, 0.5) is 5.82 Å². The van der Waals surface area contributed by atoms with E-state index >= 15 is 0 Å². The maximum absolute atomic E-state index is 4.09. The molecule has 0 amide bonds. The number of imidazole rings is 1. The van der Waals surface area contributed by atoms with Gasteiger partial charge in [0.05, 0.1) is 6.20 Å². The molecule has 1 aromatic heterocycles. The maximum atomic E-state index is 4.09. The van der Waals surface area contributed by atoms with Crippen molar-refractivity contribution in [2.75, 3.05) is 12.4 Å². The first kappa shape index (κ1) is 6.13. The average molecular weight is 125 g/mol. The molecule has 1 heterocycles. The second kappa shape index (κ2) is 2.09. The molecule has 0 aromatic carbocycles. The van der Waals surface area contributed by atoms with Gasteiger partial charge >= 0.3 is 0 Å². The van der Waals surface area contributed by atoms with Crippen molar-refractivity contribution >= 4 is 5.82 Å². The van der Waals surface area contributed by atoms with Crippen LogP contribution < -0.4 is 5.32 Å². The van der Waals surface area contributed by atoms with Gasteiger partial charge in [0.2, 0.25) is 0 Å². The van der Waals surface area contributed by atoms with Gasteiger partial charge in [-0.25, -0.2) is 4.98 Å². The average Bonchev–Trinajstić information content (AvgIpc) is 2.15. The Bertz CT molecular complexity index is 202. The molecule has 0 aliphatic rings.